The van der Waals surface area contributed by atoms with Gasteiger partial charge in [0.05, 0.1) is 11.5 Å². The van der Waals surface area contributed by atoms with Crippen molar-refractivity contribution in [3.63, 3.8) is 0 Å². The molecular formula is C21H24ClN3O4. The number of carbonyl (C=O) groups is 1. The van der Waals surface area contributed by atoms with Gasteiger partial charge in [-0.15, -0.1) is 0 Å². The maximum atomic E-state index is 12.9. The molecule has 0 unspecified atom stereocenters. The molecule has 1 amide bonds. The number of nitro benzene ring substituents is 1. The second kappa shape index (κ2) is 9.13. The van der Waals surface area contributed by atoms with Gasteiger partial charge in [-0.2, -0.15) is 0 Å². The first kappa shape index (κ1) is 20.9. The number of halogens is 1. The molecule has 0 N–H and O–H groups in total. The SMILES string of the molecule is CC(C)COc1cccc(C(=O)N2CCN(c3ccc(Cl)cc3[N+](=O)[O-])CC2)c1. The van der Waals surface area contributed by atoms with Crippen molar-refractivity contribution in [2.45, 2.75) is 13.8 Å². The van der Waals surface area contributed by atoms with E-state index in [-0.39, 0.29) is 11.6 Å². The minimum absolute atomic E-state index is 0.0210. The van der Waals surface area contributed by atoms with Crippen LogP contribution in [-0.2, 0) is 0 Å². The number of ether oxygens (including phenoxy) is 1. The molecule has 0 atom stereocenters. The summed E-state index contributed by atoms with van der Waals surface area (Å²) in [6.45, 7) is 6.72. The molecule has 2 aromatic carbocycles. The van der Waals surface area contributed by atoms with Gasteiger partial charge >= 0.3 is 0 Å². The molecule has 0 aliphatic carbocycles. The van der Waals surface area contributed by atoms with Crippen LogP contribution in [0.4, 0.5) is 11.4 Å². The van der Waals surface area contributed by atoms with Gasteiger partial charge in [-0.1, -0.05) is 31.5 Å². The lowest BCUT2D eigenvalue weighted by Gasteiger charge is -2.35. The lowest BCUT2D eigenvalue weighted by Crippen LogP contribution is -2.49. The fraction of sp³-hybridized carbons (Fsp3) is 0.381. The lowest BCUT2D eigenvalue weighted by molar-refractivity contribution is -0.384. The molecule has 0 saturated carbocycles. The normalized spacial score (nSPS) is 14.2. The van der Waals surface area contributed by atoms with Crippen LogP contribution in [0.1, 0.15) is 24.2 Å². The molecule has 1 heterocycles. The van der Waals surface area contributed by atoms with Crippen LogP contribution in [-0.4, -0.2) is 48.5 Å². The molecule has 29 heavy (non-hydrogen) atoms. The number of hydrogen-bond donors (Lipinski definition) is 0. The Morgan fingerprint density at radius 2 is 1.90 bits per heavy atom. The summed E-state index contributed by atoms with van der Waals surface area (Å²) < 4.78 is 5.71. The van der Waals surface area contributed by atoms with Crippen LogP contribution in [0.3, 0.4) is 0 Å². The van der Waals surface area contributed by atoms with Crippen LogP contribution in [0.5, 0.6) is 5.75 Å². The van der Waals surface area contributed by atoms with Gasteiger partial charge in [0.2, 0.25) is 0 Å². The average Bonchev–Trinajstić information content (AvgIpc) is 2.72. The lowest BCUT2D eigenvalue weighted by atomic mass is 10.1. The molecule has 0 bridgehead atoms. The molecule has 0 radical (unpaired) electrons. The Labute approximate surface area is 175 Å². The molecule has 0 aromatic heterocycles. The van der Waals surface area contributed by atoms with Gasteiger partial charge in [0.1, 0.15) is 11.4 Å². The maximum Gasteiger partial charge on any atom is 0.294 e. The smallest absolute Gasteiger partial charge is 0.294 e. The Bertz CT molecular complexity index is 895. The van der Waals surface area contributed by atoms with Crippen molar-refractivity contribution in [1.29, 1.82) is 0 Å². The first-order valence-corrected chi connectivity index (χ1v) is 9.94. The zero-order valence-corrected chi connectivity index (χ0v) is 17.3. The summed E-state index contributed by atoms with van der Waals surface area (Å²) in [7, 11) is 0. The van der Waals surface area contributed by atoms with Crippen molar-refractivity contribution in [2.24, 2.45) is 5.92 Å². The van der Waals surface area contributed by atoms with Crippen LogP contribution in [0.2, 0.25) is 5.02 Å². The van der Waals surface area contributed by atoms with E-state index in [1.165, 1.54) is 6.07 Å². The summed E-state index contributed by atoms with van der Waals surface area (Å²) in [5.41, 5.74) is 1.08. The van der Waals surface area contributed by atoms with Crippen molar-refractivity contribution in [1.82, 2.24) is 4.90 Å². The zero-order valence-electron chi connectivity index (χ0n) is 16.5. The number of nitrogens with zero attached hydrogens (tertiary/aromatic N) is 3. The molecule has 3 rings (SSSR count). The van der Waals surface area contributed by atoms with Gasteiger partial charge in [-0.05, 0) is 36.2 Å². The van der Waals surface area contributed by atoms with E-state index in [1.807, 2.05) is 17.0 Å². The highest BCUT2D eigenvalue weighted by molar-refractivity contribution is 6.30. The van der Waals surface area contributed by atoms with Gasteiger partial charge in [-0.25, -0.2) is 0 Å². The van der Waals surface area contributed by atoms with E-state index in [2.05, 4.69) is 13.8 Å². The van der Waals surface area contributed by atoms with E-state index in [0.29, 0.717) is 60.7 Å². The van der Waals surface area contributed by atoms with E-state index in [1.54, 1.807) is 29.2 Å². The van der Waals surface area contributed by atoms with E-state index >= 15 is 0 Å². The van der Waals surface area contributed by atoms with Gasteiger partial charge < -0.3 is 14.5 Å². The highest BCUT2D eigenvalue weighted by atomic mass is 35.5. The number of hydrogen-bond acceptors (Lipinski definition) is 5. The molecule has 1 aliphatic rings. The second-order valence-electron chi connectivity index (χ2n) is 7.40. The van der Waals surface area contributed by atoms with E-state index in [4.69, 9.17) is 16.3 Å². The summed E-state index contributed by atoms with van der Waals surface area (Å²) in [5, 5.41) is 11.7. The molecule has 154 valence electrons. The summed E-state index contributed by atoms with van der Waals surface area (Å²) >= 11 is 5.90. The quantitative estimate of drug-likeness (QED) is 0.519. The van der Waals surface area contributed by atoms with Crippen LogP contribution < -0.4 is 9.64 Å². The number of anilines is 1. The number of carbonyl (C=O) groups excluding carboxylic acids is 1. The third-order valence-electron chi connectivity index (χ3n) is 4.71. The van der Waals surface area contributed by atoms with Gasteiger partial charge in [0.25, 0.3) is 11.6 Å². The van der Waals surface area contributed by atoms with Crippen molar-refractivity contribution in [2.75, 3.05) is 37.7 Å². The van der Waals surface area contributed by atoms with Crippen molar-refractivity contribution in [3.8, 4) is 5.75 Å². The van der Waals surface area contributed by atoms with Crippen molar-refractivity contribution < 1.29 is 14.5 Å². The van der Waals surface area contributed by atoms with Crippen LogP contribution in [0, 0.1) is 16.0 Å². The Morgan fingerprint density at radius 3 is 2.55 bits per heavy atom. The molecule has 2 aromatic rings. The number of amides is 1. The van der Waals surface area contributed by atoms with Crippen LogP contribution in [0.15, 0.2) is 42.5 Å². The molecule has 8 heteroatoms. The van der Waals surface area contributed by atoms with E-state index in [0.717, 1.165) is 0 Å². The van der Waals surface area contributed by atoms with Crippen LogP contribution >= 0.6 is 11.6 Å². The summed E-state index contributed by atoms with van der Waals surface area (Å²) in [6, 6.07) is 11.9. The molecule has 1 aliphatic heterocycles. The van der Waals surface area contributed by atoms with Crippen LogP contribution in [0.25, 0.3) is 0 Å². The molecule has 1 saturated heterocycles. The largest absolute Gasteiger partial charge is 0.493 e. The Balaban J connectivity index is 1.66. The summed E-state index contributed by atoms with van der Waals surface area (Å²) in [6.07, 6.45) is 0. The monoisotopic (exact) mass is 417 g/mol. The predicted molar refractivity (Wildman–Crippen MR) is 113 cm³/mol. The fourth-order valence-electron chi connectivity index (χ4n) is 3.23. The first-order chi connectivity index (χ1) is 13.8. The fourth-order valence-corrected chi connectivity index (χ4v) is 3.39. The number of nitro groups is 1. The number of rotatable bonds is 6. The molecule has 0 spiro atoms. The second-order valence-corrected chi connectivity index (χ2v) is 7.84. The molecule has 7 nitrogen and oxygen atoms in total. The number of piperazine rings is 1. The molecular weight excluding hydrogens is 394 g/mol. The summed E-state index contributed by atoms with van der Waals surface area (Å²) in [5.74, 6) is 1.02. The van der Waals surface area contributed by atoms with Crippen molar-refractivity contribution >= 4 is 28.9 Å². The Kier molecular flexibility index (Phi) is 6.59. The zero-order chi connectivity index (χ0) is 21.0. The first-order valence-electron chi connectivity index (χ1n) is 9.56. The minimum Gasteiger partial charge on any atom is -0.493 e. The van der Waals surface area contributed by atoms with E-state index in [9.17, 15) is 14.9 Å². The molecule has 1 fully saturated rings. The topological polar surface area (TPSA) is 75.9 Å². The minimum atomic E-state index is -0.429. The highest BCUT2D eigenvalue weighted by Crippen LogP contribution is 2.31. The van der Waals surface area contributed by atoms with E-state index < -0.39 is 4.92 Å². The van der Waals surface area contributed by atoms with Gasteiger partial charge in [0, 0.05) is 42.8 Å². The average molecular weight is 418 g/mol. The number of benzene rings is 2. The maximum absolute atomic E-state index is 12.9. The standard InChI is InChI=1S/C21H24ClN3O4/c1-15(2)14-29-18-5-3-4-16(12-18)21(26)24-10-8-23(9-11-24)19-7-6-17(22)13-20(19)25(27)28/h3-7,12-13,15H,8-11,14H2,1-2H3. The Morgan fingerprint density at radius 1 is 1.17 bits per heavy atom. The highest BCUT2D eigenvalue weighted by Gasteiger charge is 2.26. The summed E-state index contributed by atoms with van der Waals surface area (Å²) in [4.78, 5) is 27.5. The van der Waals surface area contributed by atoms with Gasteiger partial charge in [0.15, 0.2) is 0 Å². The third-order valence-corrected chi connectivity index (χ3v) is 4.94. The van der Waals surface area contributed by atoms with Crippen molar-refractivity contribution in [3.05, 3.63) is 63.2 Å². The van der Waals surface area contributed by atoms with Gasteiger partial charge in [-0.3, -0.25) is 14.9 Å². The Hall–Kier alpha value is -2.80. The predicted octanol–water partition coefficient (Wildman–Crippen LogP) is 4.25. The third kappa shape index (κ3) is 5.17.